The number of anilines is 2. The zero-order chi connectivity index (χ0) is 17.0. The van der Waals surface area contributed by atoms with E-state index in [4.69, 9.17) is 4.74 Å². The molecule has 0 saturated heterocycles. The van der Waals surface area contributed by atoms with Crippen LogP contribution in [0.1, 0.15) is 28.4 Å². The number of nitrogens with zero attached hydrogens (tertiary/aromatic N) is 1. The smallest absolute Gasteiger partial charge is 0.337 e. The van der Waals surface area contributed by atoms with Crippen LogP contribution in [-0.4, -0.2) is 21.8 Å². The Morgan fingerprint density at radius 3 is 2.39 bits per heavy atom. The molecule has 0 N–H and O–H groups in total. The Balaban J connectivity index is 2.52. The van der Waals surface area contributed by atoms with Gasteiger partial charge in [-0.25, -0.2) is 4.79 Å². The van der Waals surface area contributed by atoms with Crippen LogP contribution in [0.5, 0.6) is 0 Å². The maximum absolute atomic E-state index is 11.8. The normalized spacial score (nSPS) is 11.8. The molecule has 23 heavy (non-hydrogen) atoms. The van der Waals surface area contributed by atoms with Gasteiger partial charge in [0.1, 0.15) is 0 Å². The second-order valence-electron chi connectivity index (χ2n) is 5.02. The highest BCUT2D eigenvalue weighted by Gasteiger charge is 2.16. The van der Waals surface area contributed by atoms with E-state index in [0.29, 0.717) is 16.9 Å². The molecule has 0 heterocycles. The fraction of sp³-hybridized carbons (Fsp3) is 0.235. The van der Waals surface area contributed by atoms with E-state index in [2.05, 4.69) is 0 Å². The standard InChI is InChI=1S/C17H19NO4S/c1-4-13-6-9-15(10-7-13)18(23(20)21)16-11-14(17(19)22-3)8-5-12(16)2/h5-11H,4H2,1-3H3,(H,20,21)/p-1. The first-order chi connectivity index (χ1) is 11.0. The number of esters is 1. The molecule has 0 radical (unpaired) electrons. The number of carbonyl (C=O) groups excluding carboxylic acids is 1. The molecule has 5 nitrogen and oxygen atoms in total. The molecule has 0 saturated carbocycles. The van der Waals surface area contributed by atoms with Crippen molar-refractivity contribution in [3.8, 4) is 0 Å². The van der Waals surface area contributed by atoms with E-state index >= 15 is 0 Å². The van der Waals surface area contributed by atoms with E-state index in [-0.39, 0.29) is 0 Å². The third-order valence-electron chi connectivity index (χ3n) is 3.58. The molecule has 0 aliphatic carbocycles. The van der Waals surface area contributed by atoms with Gasteiger partial charge < -0.3 is 9.29 Å². The van der Waals surface area contributed by atoms with Gasteiger partial charge in [-0.05, 0) is 48.7 Å². The quantitative estimate of drug-likeness (QED) is 0.622. The van der Waals surface area contributed by atoms with Gasteiger partial charge in [0.25, 0.3) is 0 Å². The summed E-state index contributed by atoms with van der Waals surface area (Å²) < 4.78 is 29.4. The van der Waals surface area contributed by atoms with Crippen molar-refractivity contribution in [2.75, 3.05) is 11.4 Å². The van der Waals surface area contributed by atoms with E-state index in [9.17, 15) is 13.6 Å². The van der Waals surface area contributed by atoms with Gasteiger partial charge in [0.15, 0.2) is 0 Å². The Morgan fingerprint density at radius 2 is 1.87 bits per heavy atom. The van der Waals surface area contributed by atoms with Crippen molar-refractivity contribution >= 4 is 28.6 Å². The molecular weight excluding hydrogens is 314 g/mol. The maximum atomic E-state index is 11.8. The minimum absolute atomic E-state index is 0.300. The predicted octanol–water partition coefficient (Wildman–Crippen LogP) is 3.28. The van der Waals surface area contributed by atoms with Gasteiger partial charge >= 0.3 is 5.97 Å². The van der Waals surface area contributed by atoms with Crippen LogP contribution in [-0.2, 0) is 22.4 Å². The van der Waals surface area contributed by atoms with E-state index in [1.807, 2.05) is 19.1 Å². The third-order valence-corrected chi connectivity index (χ3v) is 4.28. The minimum atomic E-state index is -2.52. The average Bonchev–Trinajstić information content (AvgIpc) is 2.56. The van der Waals surface area contributed by atoms with Crippen LogP contribution in [0.4, 0.5) is 11.4 Å². The molecular formula is C17H18NO4S-. The third kappa shape index (κ3) is 3.78. The predicted molar refractivity (Wildman–Crippen MR) is 89.4 cm³/mol. The summed E-state index contributed by atoms with van der Waals surface area (Å²) in [6.07, 6.45) is 0.873. The van der Waals surface area contributed by atoms with E-state index in [1.165, 1.54) is 17.5 Å². The highest BCUT2D eigenvalue weighted by Crippen LogP contribution is 2.31. The second-order valence-corrected chi connectivity index (χ2v) is 5.82. The Morgan fingerprint density at radius 1 is 1.22 bits per heavy atom. The van der Waals surface area contributed by atoms with Crippen molar-refractivity contribution in [1.29, 1.82) is 0 Å². The molecule has 0 aromatic heterocycles. The van der Waals surface area contributed by atoms with Crippen molar-refractivity contribution in [2.45, 2.75) is 20.3 Å². The molecule has 122 valence electrons. The highest BCUT2D eigenvalue weighted by molar-refractivity contribution is 7.81. The minimum Gasteiger partial charge on any atom is -0.755 e. The lowest BCUT2D eigenvalue weighted by molar-refractivity contribution is 0.0600. The average molecular weight is 332 g/mol. The largest absolute Gasteiger partial charge is 0.755 e. The summed E-state index contributed by atoms with van der Waals surface area (Å²) in [5, 5.41) is 0. The van der Waals surface area contributed by atoms with Crippen LogP contribution in [0.3, 0.4) is 0 Å². The zero-order valence-electron chi connectivity index (χ0n) is 13.2. The molecule has 1 atom stereocenters. The monoisotopic (exact) mass is 332 g/mol. The number of hydrogen-bond acceptors (Lipinski definition) is 4. The van der Waals surface area contributed by atoms with Gasteiger partial charge in [-0.3, -0.25) is 8.51 Å². The number of aryl methyl sites for hydroxylation is 2. The molecule has 0 aliphatic heterocycles. The highest BCUT2D eigenvalue weighted by atomic mass is 32.2. The first-order valence-electron chi connectivity index (χ1n) is 7.15. The summed E-state index contributed by atoms with van der Waals surface area (Å²) in [5.74, 6) is -0.510. The van der Waals surface area contributed by atoms with Crippen molar-refractivity contribution in [1.82, 2.24) is 0 Å². The summed E-state index contributed by atoms with van der Waals surface area (Å²) in [7, 11) is 1.29. The van der Waals surface area contributed by atoms with Crippen LogP contribution in [0.2, 0.25) is 0 Å². The Labute approximate surface area is 138 Å². The fourth-order valence-corrected chi connectivity index (χ4v) is 2.90. The fourth-order valence-electron chi connectivity index (χ4n) is 2.25. The topological polar surface area (TPSA) is 69.7 Å². The lowest BCUT2D eigenvalue weighted by Crippen LogP contribution is -2.21. The summed E-state index contributed by atoms with van der Waals surface area (Å²) >= 11 is -2.52. The molecule has 2 rings (SSSR count). The van der Waals surface area contributed by atoms with Gasteiger partial charge in [0.05, 0.1) is 35.3 Å². The van der Waals surface area contributed by atoms with Crippen molar-refractivity contribution in [3.05, 3.63) is 59.2 Å². The van der Waals surface area contributed by atoms with Crippen molar-refractivity contribution in [2.24, 2.45) is 0 Å². The lowest BCUT2D eigenvalue weighted by atomic mass is 10.1. The van der Waals surface area contributed by atoms with Crippen LogP contribution >= 0.6 is 0 Å². The van der Waals surface area contributed by atoms with E-state index < -0.39 is 17.2 Å². The van der Waals surface area contributed by atoms with Crippen LogP contribution in [0, 0.1) is 6.92 Å². The molecule has 2 aromatic carbocycles. The first kappa shape index (κ1) is 17.2. The molecule has 0 bridgehead atoms. The SMILES string of the molecule is CCc1ccc(N(c2cc(C(=O)OC)ccc2C)S(=O)[O-])cc1. The second kappa shape index (κ2) is 7.39. The number of rotatable bonds is 5. The van der Waals surface area contributed by atoms with Gasteiger partial charge in [-0.1, -0.05) is 25.1 Å². The molecule has 0 aliphatic rings. The van der Waals surface area contributed by atoms with Crippen molar-refractivity contribution in [3.63, 3.8) is 0 Å². The van der Waals surface area contributed by atoms with Crippen LogP contribution in [0.25, 0.3) is 0 Å². The van der Waals surface area contributed by atoms with Crippen molar-refractivity contribution < 1.29 is 18.3 Å². The van der Waals surface area contributed by atoms with Gasteiger partial charge in [0, 0.05) is 0 Å². The number of methoxy groups -OCH3 is 1. The van der Waals surface area contributed by atoms with Crippen LogP contribution in [0.15, 0.2) is 42.5 Å². The molecule has 6 heteroatoms. The maximum Gasteiger partial charge on any atom is 0.337 e. The van der Waals surface area contributed by atoms with Gasteiger partial charge in [-0.2, -0.15) is 0 Å². The van der Waals surface area contributed by atoms with E-state index in [1.54, 1.807) is 31.2 Å². The van der Waals surface area contributed by atoms with Gasteiger partial charge in [-0.15, -0.1) is 0 Å². The molecule has 2 aromatic rings. The Hall–Kier alpha value is -2.18. The van der Waals surface area contributed by atoms with Gasteiger partial charge in [0.2, 0.25) is 0 Å². The number of ether oxygens (including phenoxy) is 1. The molecule has 0 amide bonds. The number of benzene rings is 2. The zero-order valence-corrected chi connectivity index (χ0v) is 14.1. The first-order valence-corrected chi connectivity index (χ1v) is 8.18. The molecule has 0 fully saturated rings. The number of carbonyl (C=O) groups is 1. The number of hydrogen-bond donors (Lipinski definition) is 0. The summed E-state index contributed by atoms with van der Waals surface area (Å²) in [5.41, 5.74) is 3.09. The summed E-state index contributed by atoms with van der Waals surface area (Å²) in [6.45, 7) is 3.82. The molecule has 0 spiro atoms. The Bertz CT molecular complexity index is 728. The van der Waals surface area contributed by atoms with Crippen LogP contribution < -0.4 is 4.31 Å². The summed E-state index contributed by atoms with van der Waals surface area (Å²) in [4.78, 5) is 11.7. The van der Waals surface area contributed by atoms with E-state index in [0.717, 1.165) is 17.5 Å². The molecule has 1 unspecified atom stereocenters. The summed E-state index contributed by atoms with van der Waals surface area (Å²) in [6, 6.07) is 12.1. The lowest BCUT2D eigenvalue weighted by Gasteiger charge is -2.28. The Kier molecular flexibility index (Phi) is 5.52.